The fourth-order valence-electron chi connectivity index (χ4n) is 3.58. The molecule has 0 fully saturated rings. The molecule has 0 radical (unpaired) electrons. The van der Waals surface area contributed by atoms with Gasteiger partial charge in [-0.15, -0.1) is 0 Å². The average molecular weight is 579 g/mol. The predicted octanol–water partition coefficient (Wildman–Crippen LogP) is 7.85. The number of nitrogens with two attached hydrogens (primary N) is 1. The number of aromatic nitrogens is 2. The van der Waals surface area contributed by atoms with Gasteiger partial charge in [0.1, 0.15) is 46.9 Å². The number of nitrogens with zero attached hydrogens (tertiary/aromatic N) is 4. The largest absolute Gasteiger partial charge is 0.488 e. The molecule has 7 nitrogen and oxygen atoms in total. The third-order valence-electron chi connectivity index (χ3n) is 5.41. The van der Waals surface area contributed by atoms with Crippen molar-refractivity contribution in [2.24, 2.45) is 9.98 Å². The maximum Gasteiger partial charge on any atom is 0.143 e. The van der Waals surface area contributed by atoms with E-state index >= 15 is 0 Å². The minimum atomic E-state index is -0.213. The number of anilines is 2. The Morgan fingerprint density at radius 3 is 2.90 bits per heavy atom. The first kappa shape index (κ1) is 30.7. The van der Waals surface area contributed by atoms with Gasteiger partial charge < -0.3 is 15.8 Å². The highest BCUT2D eigenvalue weighted by atomic mass is 35.5. The van der Waals surface area contributed by atoms with Crippen molar-refractivity contribution in [2.45, 2.75) is 46.5 Å². The van der Waals surface area contributed by atoms with Gasteiger partial charge in [-0.1, -0.05) is 49.7 Å². The molecule has 2 aromatic rings. The summed E-state index contributed by atoms with van der Waals surface area (Å²) < 4.78 is 19.5. The van der Waals surface area contributed by atoms with Crippen LogP contribution in [-0.2, 0) is 0 Å². The summed E-state index contributed by atoms with van der Waals surface area (Å²) in [7, 11) is 0. The van der Waals surface area contributed by atoms with Gasteiger partial charge in [0.2, 0.25) is 0 Å². The second-order valence-electron chi connectivity index (χ2n) is 8.53. The van der Waals surface area contributed by atoms with Crippen molar-refractivity contribution < 1.29 is 9.13 Å². The van der Waals surface area contributed by atoms with Crippen molar-refractivity contribution in [3.05, 3.63) is 86.9 Å². The van der Waals surface area contributed by atoms with E-state index < -0.39 is 0 Å². The van der Waals surface area contributed by atoms with Gasteiger partial charge >= 0.3 is 0 Å². The molecular formula is C30H32ClFN6OS. The number of ether oxygens (including phenoxy) is 1. The summed E-state index contributed by atoms with van der Waals surface area (Å²) in [5.74, 6) is 7.21. The lowest BCUT2D eigenvalue weighted by Crippen LogP contribution is -2.12. The molecule has 1 aliphatic heterocycles. The van der Waals surface area contributed by atoms with Crippen LogP contribution in [0.25, 0.3) is 0 Å². The van der Waals surface area contributed by atoms with Gasteiger partial charge in [-0.05, 0) is 73.6 Å². The Kier molecular flexibility index (Phi) is 12.0. The van der Waals surface area contributed by atoms with E-state index in [-0.39, 0.29) is 5.83 Å². The van der Waals surface area contributed by atoms with Crippen molar-refractivity contribution in [2.75, 3.05) is 17.7 Å². The van der Waals surface area contributed by atoms with Gasteiger partial charge in [0.15, 0.2) is 0 Å². The molecule has 208 valence electrons. The summed E-state index contributed by atoms with van der Waals surface area (Å²) in [5.41, 5.74) is 8.79. The van der Waals surface area contributed by atoms with Crippen molar-refractivity contribution >= 4 is 47.0 Å². The topological polar surface area (TPSA) is 97.8 Å². The Hall–Kier alpha value is -3.87. The third kappa shape index (κ3) is 9.70. The highest BCUT2D eigenvalue weighted by molar-refractivity contribution is 8.07. The Morgan fingerprint density at radius 2 is 2.12 bits per heavy atom. The maximum atomic E-state index is 13.7. The monoisotopic (exact) mass is 578 g/mol. The fraction of sp³-hybridized carbons (Fsp3) is 0.267. The second kappa shape index (κ2) is 15.7. The molecule has 0 spiro atoms. The molecule has 0 amide bonds. The lowest BCUT2D eigenvalue weighted by atomic mass is 10.1. The van der Waals surface area contributed by atoms with E-state index in [4.69, 9.17) is 22.1 Å². The zero-order valence-corrected chi connectivity index (χ0v) is 24.4. The Labute approximate surface area is 244 Å². The fourth-order valence-corrected chi connectivity index (χ4v) is 4.50. The van der Waals surface area contributed by atoms with Crippen LogP contribution in [-0.4, -0.2) is 28.7 Å². The van der Waals surface area contributed by atoms with Crippen LogP contribution in [0.15, 0.2) is 86.2 Å². The first-order valence-corrected chi connectivity index (χ1v) is 14.0. The molecule has 0 saturated heterocycles. The molecule has 0 saturated carbocycles. The molecule has 0 atom stereocenters. The summed E-state index contributed by atoms with van der Waals surface area (Å²) in [5, 5.41) is 4.51. The van der Waals surface area contributed by atoms with Crippen LogP contribution < -0.4 is 15.8 Å². The molecule has 40 heavy (non-hydrogen) atoms. The minimum absolute atomic E-state index is 0.213. The molecular weight excluding hydrogens is 547 g/mol. The van der Waals surface area contributed by atoms with Gasteiger partial charge in [-0.2, -0.15) is 0 Å². The number of nitrogen functional groups attached to an aromatic ring is 1. The molecule has 0 unspecified atom stereocenters. The van der Waals surface area contributed by atoms with Crippen LogP contribution in [0.1, 0.15) is 52.1 Å². The third-order valence-corrected chi connectivity index (χ3v) is 6.70. The van der Waals surface area contributed by atoms with Gasteiger partial charge in [0.05, 0.1) is 22.3 Å². The first-order chi connectivity index (χ1) is 19.4. The number of rotatable bonds is 6. The first-order valence-electron chi connectivity index (χ1n) is 12.9. The van der Waals surface area contributed by atoms with E-state index in [0.29, 0.717) is 46.1 Å². The number of thioether (sulfide) groups is 1. The quantitative estimate of drug-likeness (QED) is 0.339. The minimum Gasteiger partial charge on any atom is -0.488 e. The summed E-state index contributed by atoms with van der Waals surface area (Å²) in [6.45, 7) is 10.3. The van der Waals surface area contributed by atoms with Crippen LogP contribution in [0.4, 0.5) is 15.9 Å². The summed E-state index contributed by atoms with van der Waals surface area (Å²) in [6.07, 6.45) is 10.6. The molecule has 1 aromatic heterocycles. The van der Waals surface area contributed by atoms with E-state index in [9.17, 15) is 4.39 Å². The van der Waals surface area contributed by atoms with E-state index in [1.54, 1.807) is 30.5 Å². The molecule has 2 heterocycles. The van der Waals surface area contributed by atoms with Crippen molar-refractivity contribution in [3.8, 4) is 17.6 Å². The number of amidine groups is 1. The van der Waals surface area contributed by atoms with E-state index in [1.165, 1.54) is 24.3 Å². The van der Waals surface area contributed by atoms with Gasteiger partial charge in [-0.25, -0.2) is 19.4 Å². The second-order valence-corrected chi connectivity index (χ2v) is 10.0. The number of hydrogen-bond acceptors (Lipinski definition) is 8. The molecule has 2 aliphatic rings. The zero-order chi connectivity index (χ0) is 28.9. The predicted molar refractivity (Wildman–Crippen MR) is 166 cm³/mol. The van der Waals surface area contributed by atoms with Gasteiger partial charge in [0, 0.05) is 12.1 Å². The average Bonchev–Trinajstić information content (AvgIpc) is 3.25. The SMILES string of the molecule is C=C(C#Cc1cncc(N)n1)SC1=C(C)CC(Nc2ccc(OCC3=CC(F)=CCCC3)c(Cl)c2)=NC=N1.CC. The van der Waals surface area contributed by atoms with Crippen molar-refractivity contribution in [1.82, 2.24) is 9.97 Å². The Morgan fingerprint density at radius 1 is 1.30 bits per heavy atom. The van der Waals surface area contributed by atoms with Crippen LogP contribution in [0, 0.1) is 11.8 Å². The number of nitrogens with one attached hydrogen (secondary N) is 1. The molecule has 1 aromatic carbocycles. The lowest BCUT2D eigenvalue weighted by Gasteiger charge is -2.13. The van der Waals surface area contributed by atoms with E-state index in [0.717, 1.165) is 41.1 Å². The van der Waals surface area contributed by atoms with Crippen LogP contribution in [0.3, 0.4) is 0 Å². The van der Waals surface area contributed by atoms with Gasteiger partial charge in [-0.3, -0.25) is 4.98 Å². The molecule has 0 bridgehead atoms. The van der Waals surface area contributed by atoms with Crippen LogP contribution in [0.2, 0.25) is 5.02 Å². The smallest absolute Gasteiger partial charge is 0.143 e. The Bertz CT molecular complexity index is 1450. The van der Waals surface area contributed by atoms with E-state index in [1.807, 2.05) is 26.8 Å². The maximum absolute atomic E-state index is 13.7. The number of aliphatic imine (C=N–C) groups is 2. The van der Waals surface area contributed by atoms with Crippen LogP contribution in [0.5, 0.6) is 5.75 Å². The zero-order valence-electron chi connectivity index (χ0n) is 22.8. The van der Waals surface area contributed by atoms with Crippen LogP contribution >= 0.6 is 23.4 Å². The normalized spacial score (nSPS) is 14.7. The number of halogens is 2. The van der Waals surface area contributed by atoms with Crippen molar-refractivity contribution in [3.63, 3.8) is 0 Å². The lowest BCUT2D eigenvalue weighted by molar-refractivity contribution is 0.347. The highest BCUT2D eigenvalue weighted by Gasteiger charge is 2.13. The van der Waals surface area contributed by atoms with Crippen molar-refractivity contribution in [1.29, 1.82) is 0 Å². The molecule has 1 aliphatic carbocycles. The summed E-state index contributed by atoms with van der Waals surface area (Å²) in [6, 6.07) is 5.42. The standard InChI is InChI=1S/C28H26ClFN6OS.C2H6/c1-18-11-27(33-17-34-28(18)38-19(2)7-8-23-14-32-15-26(31)35-23)36-22-9-10-25(24(29)13-22)37-16-20-5-3-4-6-21(30)12-20;1-2/h6,9-10,12-15,17H,2-5,11,16H2,1H3,(H2,31,35)(H,33,34,36);1-2H3. The van der Waals surface area contributed by atoms with Gasteiger partial charge in [0.25, 0.3) is 0 Å². The molecule has 3 N–H and O–H groups in total. The molecule has 4 rings (SSSR count). The van der Waals surface area contributed by atoms with E-state index in [2.05, 4.69) is 43.7 Å². The Balaban J connectivity index is 0.00000216. The number of allylic oxidation sites excluding steroid dienone is 4. The summed E-state index contributed by atoms with van der Waals surface area (Å²) in [4.78, 5) is 17.6. The highest BCUT2D eigenvalue weighted by Crippen LogP contribution is 2.32. The summed E-state index contributed by atoms with van der Waals surface area (Å²) >= 11 is 7.82. The number of benzene rings is 1. The number of hydrogen-bond donors (Lipinski definition) is 2. The molecule has 10 heteroatoms.